The number of hydrogen-bond donors (Lipinski definition) is 2. The Labute approximate surface area is 262 Å². The summed E-state index contributed by atoms with van der Waals surface area (Å²) in [5.41, 5.74) is 4.21. The van der Waals surface area contributed by atoms with Crippen LogP contribution in [-0.2, 0) is 11.3 Å². The maximum atomic E-state index is 16.1. The zero-order valence-electron chi connectivity index (χ0n) is 26.3. The van der Waals surface area contributed by atoms with Gasteiger partial charge in [-0.3, -0.25) is 14.3 Å². The second-order valence-corrected chi connectivity index (χ2v) is 11.3. The highest BCUT2D eigenvalue weighted by atomic mass is 19.1. The molecular formula is C33H41FN8O3. The van der Waals surface area contributed by atoms with Gasteiger partial charge in [0.2, 0.25) is 6.41 Å². The van der Waals surface area contributed by atoms with Crippen molar-refractivity contribution in [2.45, 2.75) is 26.3 Å². The molecule has 2 amide bonds. The van der Waals surface area contributed by atoms with Crippen LogP contribution in [0.3, 0.4) is 0 Å². The van der Waals surface area contributed by atoms with Gasteiger partial charge in [-0.05, 0) is 55.3 Å². The average Bonchev–Trinajstić information content (AvgIpc) is 3.76. The van der Waals surface area contributed by atoms with Gasteiger partial charge in [0.25, 0.3) is 5.91 Å². The zero-order valence-corrected chi connectivity index (χ0v) is 26.3. The minimum Gasteiger partial charge on any atom is -0.496 e. The van der Waals surface area contributed by atoms with E-state index in [1.807, 2.05) is 55.3 Å². The lowest BCUT2D eigenvalue weighted by molar-refractivity contribution is -0.117. The maximum absolute atomic E-state index is 16.1. The van der Waals surface area contributed by atoms with Gasteiger partial charge >= 0.3 is 0 Å². The second kappa shape index (κ2) is 14.4. The number of H-pyrrole nitrogens is 1. The van der Waals surface area contributed by atoms with Crippen molar-refractivity contribution >= 4 is 34.5 Å². The van der Waals surface area contributed by atoms with Crippen LogP contribution in [-0.4, -0.2) is 107 Å². The number of aromatic amines is 1. The monoisotopic (exact) mass is 616 g/mol. The molecule has 0 radical (unpaired) electrons. The van der Waals surface area contributed by atoms with E-state index in [0.29, 0.717) is 55.0 Å². The molecule has 1 saturated heterocycles. The maximum Gasteiger partial charge on any atom is 0.270 e. The van der Waals surface area contributed by atoms with Crippen LogP contribution in [0.15, 0.2) is 48.8 Å². The third kappa shape index (κ3) is 7.01. The molecule has 0 saturated carbocycles. The second-order valence-electron chi connectivity index (χ2n) is 11.3. The fraction of sp³-hybridized carbons (Fsp3) is 0.394. The van der Waals surface area contributed by atoms with E-state index in [2.05, 4.69) is 32.4 Å². The molecule has 0 bridgehead atoms. The number of halogens is 1. The summed E-state index contributed by atoms with van der Waals surface area (Å²) in [6.07, 6.45) is 8.10. The Morgan fingerprint density at radius 1 is 1.11 bits per heavy atom. The van der Waals surface area contributed by atoms with Crippen LogP contribution in [0.1, 0.15) is 35.8 Å². The number of methoxy groups -OCH3 is 1. The third-order valence-electron chi connectivity index (χ3n) is 8.25. The molecule has 4 aromatic rings. The number of carbonyl (C=O) groups is 2. The molecule has 0 spiro atoms. The molecule has 45 heavy (non-hydrogen) atoms. The molecule has 4 heterocycles. The van der Waals surface area contributed by atoms with Crippen LogP contribution in [0.2, 0.25) is 0 Å². The molecule has 238 valence electrons. The number of carbonyl (C=O) groups excluding carboxylic acids is 2. The summed E-state index contributed by atoms with van der Waals surface area (Å²) in [6, 6.07) is 9.32. The zero-order chi connectivity index (χ0) is 31.9. The summed E-state index contributed by atoms with van der Waals surface area (Å²) in [5, 5.41) is 11.1. The average molecular weight is 617 g/mol. The first-order valence-corrected chi connectivity index (χ1v) is 15.3. The number of fused-ring (bicyclic) bond motifs is 1. The first-order valence-electron chi connectivity index (χ1n) is 15.3. The highest BCUT2D eigenvalue weighted by Gasteiger charge is 2.26. The largest absolute Gasteiger partial charge is 0.496 e. The van der Waals surface area contributed by atoms with E-state index in [9.17, 15) is 9.59 Å². The molecule has 2 aromatic heterocycles. The van der Waals surface area contributed by atoms with Crippen molar-refractivity contribution < 1.29 is 18.7 Å². The minimum atomic E-state index is -0.430. The Hall–Kier alpha value is -4.71. The van der Waals surface area contributed by atoms with E-state index >= 15 is 4.39 Å². The van der Waals surface area contributed by atoms with Crippen LogP contribution in [0.5, 0.6) is 5.75 Å². The number of likely N-dealkylation sites (N-methyl/N-ethyl adjacent to an activating group) is 1. The van der Waals surface area contributed by atoms with E-state index in [1.54, 1.807) is 29.2 Å². The number of amides is 2. The highest BCUT2D eigenvalue weighted by Crippen LogP contribution is 2.41. The summed E-state index contributed by atoms with van der Waals surface area (Å²) in [7, 11) is 5.47. The Morgan fingerprint density at radius 2 is 1.91 bits per heavy atom. The molecule has 2 aromatic carbocycles. The summed E-state index contributed by atoms with van der Waals surface area (Å²) in [5.74, 6) is 0.0599. The number of nitrogens with zero attached hydrogens (tertiary/aromatic N) is 6. The minimum absolute atomic E-state index is 0.141. The molecule has 2 aliphatic heterocycles. The Bertz CT molecular complexity index is 1660. The molecule has 2 aliphatic rings. The van der Waals surface area contributed by atoms with Crippen molar-refractivity contribution in [3.63, 3.8) is 0 Å². The Balaban J connectivity index is 0.000000436. The van der Waals surface area contributed by atoms with Gasteiger partial charge < -0.3 is 29.7 Å². The normalized spacial score (nSPS) is 15.4. The lowest BCUT2D eigenvalue weighted by Gasteiger charge is -2.32. The van der Waals surface area contributed by atoms with Crippen molar-refractivity contribution in [1.82, 2.24) is 34.7 Å². The standard InChI is InChI=1S/C28H32FN5O3.C5H9N3/c1-30-19-6-7-20(25(13-19)37-3)22-14-21(18-5-4-8-33(16-18)17-35)26(29)27-23(22)15-24(31-27)28(36)34-11-9-32(2)10-12-34;1-2-4-8-5-3-6-7-8/h5-7,13-15,17,30-31H,4,8-12,16H2,1-3H3;3,5H,2,4H2,1H3. The number of nitrogens with one attached hydrogen (secondary N) is 2. The van der Waals surface area contributed by atoms with Gasteiger partial charge in [-0.15, -0.1) is 5.10 Å². The number of piperazine rings is 1. The highest BCUT2D eigenvalue weighted by molar-refractivity contribution is 6.05. The third-order valence-corrected chi connectivity index (χ3v) is 8.25. The molecule has 0 unspecified atom stereocenters. The van der Waals surface area contributed by atoms with Crippen LogP contribution in [0.25, 0.3) is 27.6 Å². The molecular weight excluding hydrogens is 575 g/mol. The fourth-order valence-electron chi connectivity index (χ4n) is 5.71. The van der Waals surface area contributed by atoms with Gasteiger partial charge in [0.1, 0.15) is 11.4 Å². The van der Waals surface area contributed by atoms with Crippen LogP contribution >= 0.6 is 0 Å². The van der Waals surface area contributed by atoms with Crippen LogP contribution in [0, 0.1) is 5.82 Å². The summed E-state index contributed by atoms with van der Waals surface area (Å²) >= 11 is 0. The molecule has 11 nitrogen and oxygen atoms in total. The number of aryl methyl sites for hydroxylation is 1. The van der Waals surface area contributed by atoms with E-state index < -0.39 is 5.82 Å². The van der Waals surface area contributed by atoms with E-state index in [0.717, 1.165) is 54.9 Å². The van der Waals surface area contributed by atoms with Gasteiger partial charge in [0, 0.05) is 87.3 Å². The lowest BCUT2D eigenvalue weighted by Crippen LogP contribution is -2.47. The summed E-state index contributed by atoms with van der Waals surface area (Å²) in [6.45, 7) is 6.86. The summed E-state index contributed by atoms with van der Waals surface area (Å²) < 4.78 is 23.6. The molecule has 6 rings (SSSR count). The first-order chi connectivity index (χ1) is 21.9. The van der Waals surface area contributed by atoms with Crippen molar-refractivity contribution in [3.8, 4) is 16.9 Å². The van der Waals surface area contributed by atoms with Gasteiger partial charge in [-0.1, -0.05) is 18.2 Å². The molecule has 0 aliphatic carbocycles. The molecule has 1 fully saturated rings. The molecule has 2 N–H and O–H groups in total. The number of anilines is 1. The van der Waals surface area contributed by atoms with Crippen molar-refractivity contribution in [2.24, 2.45) is 0 Å². The number of aromatic nitrogens is 4. The smallest absolute Gasteiger partial charge is 0.270 e. The van der Waals surface area contributed by atoms with E-state index in [-0.39, 0.29) is 11.4 Å². The van der Waals surface area contributed by atoms with Crippen molar-refractivity contribution in [2.75, 3.05) is 65.8 Å². The molecule has 0 atom stereocenters. The number of rotatable bonds is 8. The lowest BCUT2D eigenvalue weighted by atomic mass is 9.93. The van der Waals surface area contributed by atoms with Crippen LogP contribution in [0.4, 0.5) is 10.1 Å². The van der Waals surface area contributed by atoms with Gasteiger partial charge in [-0.2, -0.15) is 0 Å². The quantitative estimate of drug-likeness (QED) is 0.283. The predicted octanol–water partition coefficient (Wildman–Crippen LogP) is 4.35. The number of benzene rings is 2. The van der Waals surface area contributed by atoms with Crippen molar-refractivity contribution in [3.05, 3.63) is 65.9 Å². The Kier molecular flexibility index (Phi) is 10.1. The Morgan fingerprint density at radius 3 is 2.58 bits per heavy atom. The van der Waals surface area contributed by atoms with Gasteiger partial charge in [0.15, 0.2) is 5.82 Å². The SMILES string of the molecule is CCCn1ccnn1.CNc1ccc(-c2cc(C3=CCCN(C=O)C3)c(F)c3[nH]c(C(=O)N4CCN(C)CC4)cc23)c(OC)c1. The number of hydrogen-bond acceptors (Lipinski definition) is 7. The first kappa shape index (κ1) is 31.7. The topological polar surface area (TPSA) is 112 Å². The van der Waals surface area contributed by atoms with Gasteiger partial charge in [-0.25, -0.2) is 4.39 Å². The predicted molar refractivity (Wildman–Crippen MR) is 174 cm³/mol. The fourth-order valence-corrected chi connectivity index (χ4v) is 5.71. The van der Waals surface area contributed by atoms with Crippen molar-refractivity contribution in [1.29, 1.82) is 0 Å². The molecule has 12 heteroatoms. The number of ether oxygens (including phenoxy) is 1. The van der Waals surface area contributed by atoms with E-state index in [4.69, 9.17) is 4.74 Å². The van der Waals surface area contributed by atoms with E-state index in [1.165, 1.54) is 0 Å². The van der Waals surface area contributed by atoms with Gasteiger partial charge in [0.05, 0.1) is 18.8 Å². The van der Waals surface area contributed by atoms with Crippen LogP contribution < -0.4 is 10.1 Å². The summed E-state index contributed by atoms with van der Waals surface area (Å²) in [4.78, 5) is 33.5.